The molecule has 0 bridgehead atoms. The number of amides is 3. The normalized spacial score (nSPS) is 9.65. The zero-order valence-corrected chi connectivity index (χ0v) is 13.2. The molecule has 0 fully saturated rings. The van der Waals surface area contributed by atoms with E-state index in [1.165, 1.54) is 7.05 Å². The van der Waals surface area contributed by atoms with Crippen LogP contribution < -0.4 is 20.7 Å². The minimum absolute atomic E-state index is 0.0998. The minimum Gasteiger partial charge on any atom is -0.484 e. The molecule has 23 heavy (non-hydrogen) atoms. The van der Waals surface area contributed by atoms with Crippen LogP contribution in [0.1, 0.15) is 13.3 Å². The minimum atomic E-state index is -0.551. The maximum absolute atomic E-state index is 11.8. The fourth-order valence-electron chi connectivity index (χ4n) is 1.57. The van der Waals surface area contributed by atoms with Gasteiger partial charge in [-0.05, 0) is 19.1 Å². The Hall–Kier alpha value is -2.77. The second-order valence-electron chi connectivity index (χ2n) is 4.44. The maximum atomic E-state index is 11.8. The Morgan fingerprint density at radius 3 is 2.65 bits per heavy atom. The van der Waals surface area contributed by atoms with Crippen molar-refractivity contribution in [3.63, 3.8) is 0 Å². The Kier molecular flexibility index (Phi) is 7.98. The molecular formula is C15H21N3O5. The number of anilines is 1. The first-order chi connectivity index (χ1) is 11.0. The lowest BCUT2D eigenvalue weighted by molar-refractivity contribution is -0.122. The number of benzene rings is 1. The smallest absolute Gasteiger partial charge is 0.407 e. The van der Waals surface area contributed by atoms with Crippen molar-refractivity contribution < 1.29 is 23.9 Å². The zero-order chi connectivity index (χ0) is 17.1. The number of likely N-dealkylation sites (N-methyl/N-ethyl adjacent to an activating group) is 1. The van der Waals surface area contributed by atoms with Gasteiger partial charge in [-0.3, -0.25) is 9.59 Å². The molecule has 0 radical (unpaired) electrons. The van der Waals surface area contributed by atoms with E-state index in [1.54, 1.807) is 31.2 Å². The lowest BCUT2D eigenvalue weighted by Gasteiger charge is -2.09. The molecule has 3 N–H and O–H groups in total. The van der Waals surface area contributed by atoms with Gasteiger partial charge in [0.1, 0.15) is 5.75 Å². The average molecular weight is 323 g/mol. The summed E-state index contributed by atoms with van der Waals surface area (Å²) < 4.78 is 9.97. The third-order valence-electron chi connectivity index (χ3n) is 2.66. The Labute approximate surface area is 134 Å². The van der Waals surface area contributed by atoms with Crippen LogP contribution in [0, 0.1) is 0 Å². The summed E-state index contributed by atoms with van der Waals surface area (Å²) in [7, 11) is 1.52. The van der Waals surface area contributed by atoms with Crippen molar-refractivity contribution in [2.24, 2.45) is 0 Å². The lowest BCUT2D eigenvalue weighted by Crippen LogP contribution is -2.28. The highest BCUT2D eigenvalue weighted by molar-refractivity contribution is 5.91. The van der Waals surface area contributed by atoms with Gasteiger partial charge >= 0.3 is 6.09 Å². The lowest BCUT2D eigenvalue weighted by atomic mass is 10.3. The highest BCUT2D eigenvalue weighted by atomic mass is 16.5. The van der Waals surface area contributed by atoms with Crippen molar-refractivity contribution in [2.75, 3.05) is 32.1 Å². The van der Waals surface area contributed by atoms with Crippen molar-refractivity contribution >= 4 is 23.6 Å². The van der Waals surface area contributed by atoms with Gasteiger partial charge in [-0.1, -0.05) is 6.07 Å². The molecule has 126 valence electrons. The largest absolute Gasteiger partial charge is 0.484 e. The van der Waals surface area contributed by atoms with Crippen LogP contribution in [0.25, 0.3) is 0 Å². The maximum Gasteiger partial charge on any atom is 0.407 e. The molecular weight excluding hydrogens is 302 g/mol. The molecule has 0 aromatic heterocycles. The number of carbonyl (C=O) groups is 3. The molecule has 0 aliphatic carbocycles. The van der Waals surface area contributed by atoms with E-state index >= 15 is 0 Å². The Morgan fingerprint density at radius 2 is 1.96 bits per heavy atom. The SMILES string of the molecule is CCOC(=O)NCCC(=O)Nc1cccc(OCC(=O)NC)c1. The summed E-state index contributed by atoms with van der Waals surface area (Å²) in [5, 5.41) is 7.58. The molecule has 0 aliphatic heterocycles. The summed E-state index contributed by atoms with van der Waals surface area (Å²) in [4.78, 5) is 33.9. The van der Waals surface area contributed by atoms with Crippen molar-refractivity contribution in [3.8, 4) is 5.75 Å². The quantitative estimate of drug-likeness (QED) is 0.659. The molecule has 0 saturated carbocycles. The van der Waals surface area contributed by atoms with Crippen LogP contribution in [0.3, 0.4) is 0 Å². The molecule has 0 atom stereocenters. The fraction of sp³-hybridized carbons (Fsp3) is 0.400. The molecule has 8 nitrogen and oxygen atoms in total. The van der Waals surface area contributed by atoms with E-state index in [0.717, 1.165) is 0 Å². The predicted octanol–water partition coefficient (Wildman–Crippen LogP) is 0.886. The number of ether oxygens (including phenoxy) is 2. The number of hydrogen-bond donors (Lipinski definition) is 3. The standard InChI is InChI=1S/C15H21N3O5/c1-3-22-15(21)17-8-7-13(19)18-11-5-4-6-12(9-11)23-10-14(20)16-2/h4-6,9H,3,7-8,10H2,1-2H3,(H,16,20)(H,17,21)(H,18,19). The second-order valence-corrected chi connectivity index (χ2v) is 4.44. The molecule has 0 aliphatic rings. The Bertz CT molecular complexity index is 548. The number of rotatable bonds is 8. The van der Waals surface area contributed by atoms with E-state index in [2.05, 4.69) is 20.7 Å². The summed E-state index contributed by atoms with van der Waals surface area (Å²) in [6.45, 7) is 2.06. The molecule has 0 unspecified atom stereocenters. The van der Waals surface area contributed by atoms with E-state index in [9.17, 15) is 14.4 Å². The van der Waals surface area contributed by atoms with E-state index in [0.29, 0.717) is 11.4 Å². The molecule has 1 aromatic rings. The zero-order valence-electron chi connectivity index (χ0n) is 13.2. The van der Waals surface area contributed by atoms with E-state index in [-0.39, 0.29) is 38.0 Å². The topological polar surface area (TPSA) is 106 Å². The van der Waals surface area contributed by atoms with Crippen molar-refractivity contribution in [3.05, 3.63) is 24.3 Å². The van der Waals surface area contributed by atoms with Gasteiger partial charge in [0.2, 0.25) is 5.91 Å². The number of alkyl carbamates (subject to hydrolysis) is 1. The molecule has 8 heteroatoms. The van der Waals surface area contributed by atoms with Gasteiger partial charge in [0.05, 0.1) is 6.61 Å². The second kappa shape index (κ2) is 10.0. The number of hydrogen-bond acceptors (Lipinski definition) is 5. The summed E-state index contributed by atoms with van der Waals surface area (Å²) in [6, 6.07) is 6.69. The summed E-state index contributed by atoms with van der Waals surface area (Å²) >= 11 is 0. The number of carbonyl (C=O) groups excluding carboxylic acids is 3. The van der Waals surface area contributed by atoms with Gasteiger partial charge in [-0.25, -0.2) is 4.79 Å². The average Bonchev–Trinajstić information content (AvgIpc) is 2.53. The number of nitrogens with one attached hydrogen (secondary N) is 3. The van der Waals surface area contributed by atoms with Gasteiger partial charge in [-0.2, -0.15) is 0 Å². The molecule has 1 aromatic carbocycles. The van der Waals surface area contributed by atoms with E-state index in [1.807, 2.05) is 0 Å². The first-order valence-corrected chi connectivity index (χ1v) is 7.19. The summed E-state index contributed by atoms with van der Waals surface area (Å²) in [5.74, 6) is -0.0363. The van der Waals surface area contributed by atoms with E-state index < -0.39 is 6.09 Å². The third kappa shape index (κ3) is 7.70. The molecule has 0 heterocycles. The van der Waals surface area contributed by atoms with Crippen molar-refractivity contribution in [1.29, 1.82) is 0 Å². The van der Waals surface area contributed by atoms with Crippen LogP contribution in [0.4, 0.5) is 10.5 Å². The van der Waals surface area contributed by atoms with Gasteiger partial charge in [0, 0.05) is 31.8 Å². The predicted molar refractivity (Wildman–Crippen MR) is 84.3 cm³/mol. The summed E-state index contributed by atoms with van der Waals surface area (Å²) in [6.07, 6.45) is -0.438. The highest BCUT2D eigenvalue weighted by Gasteiger charge is 2.06. The van der Waals surface area contributed by atoms with Crippen molar-refractivity contribution in [2.45, 2.75) is 13.3 Å². The van der Waals surface area contributed by atoms with Crippen LogP contribution in [-0.4, -0.2) is 44.7 Å². The Balaban J connectivity index is 2.39. The van der Waals surface area contributed by atoms with E-state index in [4.69, 9.17) is 4.74 Å². The van der Waals surface area contributed by atoms with Crippen LogP contribution in [0.15, 0.2) is 24.3 Å². The van der Waals surface area contributed by atoms with Gasteiger partial charge in [0.15, 0.2) is 6.61 Å². The van der Waals surface area contributed by atoms with Crippen LogP contribution in [-0.2, 0) is 14.3 Å². The third-order valence-corrected chi connectivity index (χ3v) is 2.66. The van der Waals surface area contributed by atoms with Gasteiger partial charge in [-0.15, -0.1) is 0 Å². The molecule has 1 rings (SSSR count). The monoisotopic (exact) mass is 323 g/mol. The van der Waals surface area contributed by atoms with Crippen LogP contribution in [0.5, 0.6) is 5.75 Å². The van der Waals surface area contributed by atoms with Gasteiger partial charge in [0.25, 0.3) is 5.91 Å². The van der Waals surface area contributed by atoms with Crippen LogP contribution >= 0.6 is 0 Å². The van der Waals surface area contributed by atoms with Gasteiger partial charge < -0.3 is 25.4 Å². The summed E-state index contributed by atoms with van der Waals surface area (Å²) in [5.41, 5.74) is 0.542. The van der Waals surface area contributed by atoms with Crippen LogP contribution in [0.2, 0.25) is 0 Å². The molecule has 0 spiro atoms. The fourth-order valence-corrected chi connectivity index (χ4v) is 1.57. The molecule has 3 amide bonds. The first-order valence-electron chi connectivity index (χ1n) is 7.19. The Morgan fingerprint density at radius 1 is 1.17 bits per heavy atom. The highest BCUT2D eigenvalue weighted by Crippen LogP contribution is 2.17. The first kappa shape index (κ1) is 18.3. The van der Waals surface area contributed by atoms with Crippen molar-refractivity contribution in [1.82, 2.24) is 10.6 Å². The molecule has 0 saturated heterocycles.